The fourth-order valence-electron chi connectivity index (χ4n) is 5.01. The van der Waals surface area contributed by atoms with E-state index in [1.165, 1.54) is 49.0 Å². The van der Waals surface area contributed by atoms with Crippen molar-refractivity contribution in [2.24, 2.45) is 11.8 Å². The highest BCUT2D eigenvalue weighted by Gasteiger charge is 2.35. The van der Waals surface area contributed by atoms with Gasteiger partial charge in [0, 0.05) is 30.1 Å². The molecule has 146 valence electrons. The maximum atomic E-state index is 5.75. The molecule has 3 unspecified atom stereocenters. The van der Waals surface area contributed by atoms with Crippen molar-refractivity contribution in [3.8, 4) is 0 Å². The highest BCUT2D eigenvalue weighted by molar-refractivity contribution is 5.63. The number of rotatable bonds is 7. The summed E-state index contributed by atoms with van der Waals surface area (Å²) in [6.45, 7) is 13.6. The zero-order chi connectivity index (χ0) is 18.7. The second-order valence-electron chi connectivity index (χ2n) is 9.63. The Hall–Kier alpha value is -1.22. The molecule has 1 aromatic carbocycles. The minimum atomic E-state index is 0.202. The van der Waals surface area contributed by atoms with Crippen LogP contribution in [-0.4, -0.2) is 24.8 Å². The van der Waals surface area contributed by atoms with Crippen LogP contribution in [0.4, 0.5) is 11.4 Å². The average Bonchev–Trinajstić information content (AvgIpc) is 3.04. The van der Waals surface area contributed by atoms with Gasteiger partial charge in [-0.15, -0.1) is 0 Å². The zero-order valence-electron chi connectivity index (χ0n) is 17.4. The van der Waals surface area contributed by atoms with Gasteiger partial charge in [-0.05, 0) is 80.5 Å². The van der Waals surface area contributed by atoms with Crippen LogP contribution in [-0.2, 0) is 4.74 Å². The van der Waals surface area contributed by atoms with E-state index in [9.17, 15) is 0 Å². The Bertz CT molecular complexity index is 592. The van der Waals surface area contributed by atoms with E-state index >= 15 is 0 Å². The van der Waals surface area contributed by atoms with Crippen LogP contribution in [0.25, 0.3) is 0 Å². The summed E-state index contributed by atoms with van der Waals surface area (Å²) in [4.78, 5) is 0. The fourth-order valence-corrected chi connectivity index (χ4v) is 5.01. The Kier molecular flexibility index (Phi) is 6.17. The summed E-state index contributed by atoms with van der Waals surface area (Å²) in [5.41, 5.74) is 4.28. The summed E-state index contributed by atoms with van der Waals surface area (Å²) in [7, 11) is 0. The number of hydrogen-bond donors (Lipinski definition) is 2. The molecule has 0 saturated carbocycles. The average molecular weight is 359 g/mol. The fraction of sp³-hybridized carbons (Fsp3) is 0.739. The number of ether oxygens (including phenoxy) is 1. The molecule has 0 aromatic heterocycles. The topological polar surface area (TPSA) is 33.3 Å². The van der Waals surface area contributed by atoms with Crippen LogP contribution in [0.3, 0.4) is 0 Å². The molecule has 1 saturated heterocycles. The van der Waals surface area contributed by atoms with E-state index in [0.717, 1.165) is 19.1 Å². The van der Waals surface area contributed by atoms with Crippen LogP contribution in [0.5, 0.6) is 0 Å². The molecule has 2 aliphatic rings. The first-order valence-corrected chi connectivity index (χ1v) is 10.6. The zero-order valence-corrected chi connectivity index (χ0v) is 17.4. The van der Waals surface area contributed by atoms with Crippen molar-refractivity contribution >= 4 is 11.4 Å². The van der Waals surface area contributed by atoms with E-state index in [1.807, 2.05) is 0 Å². The van der Waals surface area contributed by atoms with Gasteiger partial charge in [-0.2, -0.15) is 0 Å². The Labute approximate surface area is 160 Å². The van der Waals surface area contributed by atoms with Crippen molar-refractivity contribution in [1.29, 1.82) is 0 Å². The predicted octanol–water partition coefficient (Wildman–Crippen LogP) is 6.03. The Morgan fingerprint density at radius 2 is 2.04 bits per heavy atom. The molecule has 2 aliphatic heterocycles. The van der Waals surface area contributed by atoms with Gasteiger partial charge in [-0.3, -0.25) is 0 Å². The van der Waals surface area contributed by atoms with Crippen LogP contribution in [0, 0.1) is 11.8 Å². The molecular formula is C23H38N2O. The monoisotopic (exact) mass is 358 g/mol. The Morgan fingerprint density at radius 3 is 2.69 bits per heavy atom. The quantitative estimate of drug-likeness (QED) is 0.624. The van der Waals surface area contributed by atoms with Gasteiger partial charge in [0.1, 0.15) is 0 Å². The van der Waals surface area contributed by atoms with Gasteiger partial charge >= 0.3 is 0 Å². The summed E-state index contributed by atoms with van der Waals surface area (Å²) in [6.07, 6.45) is 6.47. The van der Waals surface area contributed by atoms with E-state index < -0.39 is 0 Å². The van der Waals surface area contributed by atoms with Gasteiger partial charge in [-0.1, -0.05) is 27.7 Å². The summed E-state index contributed by atoms with van der Waals surface area (Å²) in [5.74, 6) is 2.07. The van der Waals surface area contributed by atoms with E-state index in [1.54, 1.807) is 0 Å². The largest absolute Gasteiger partial charge is 0.382 e. The smallest absolute Gasteiger partial charge is 0.0748 e. The van der Waals surface area contributed by atoms with Crippen LogP contribution in [0.1, 0.15) is 78.2 Å². The van der Waals surface area contributed by atoms with E-state index in [4.69, 9.17) is 4.74 Å². The van der Waals surface area contributed by atoms with Gasteiger partial charge in [-0.25, -0.2) is 0 Å². The highest BCUT2D eigenvalue weighted by atomic mass is 16.5. The van der Waals surface area contributed by atoms with Gasteiger partial charge in [0.05, 0.1) is 6.10 Å². The van der Waals surface area contributed by atoms with Crippen molar-refractivity contribution in [1.82, 2.24) is 0 Å². The number of benzene rings is 1. The lowest BCUT2D eigenvalue weighted by molar-refractivity contribution is 0.120. The molecule has 0 radical (unpaired) electrons. The van der Waals surface area contributed by atoms with Gasteiger partial charge in [0.2, 0.25) is 0 Å². The van der Waals surface area contributed by atoms with Gasteiger partial charge < -0.3 is 15.4 Å². The molecule has 3 heteroatoms. The SMILES string of the molecule is CC(C)CC1CC(C)(CC(C)C)Nc2ccc(NCC3CCCO3)cc21. The maximum Gasteiger partial charge on any atom is 0.0748 e. The van der Waals surface area contributed by atoms with Crippen molar-refractivity contribution in [3.05, 3.63) is 23.8 Å². The Balaban J connectivity index is 1.77. The van der Waals surface area contributed by atoms with Gasteiger partial charge in [0.25, 0.3) is 0 Å². The normalized spacial score (nSPS) is 28.3. The molecule has 0 spiro atoms. The molecule has 0 amide bonds. The minimum absolute atomic E-state index is 0.202. The molecule has 0 aliphatic carbocycles. The van der Waals surface area contributed by atoms with Crippen LogP contribution < -0.4 is 10.6 Å². The second-order valence-corrected chi connectivity index (χ2v) is 9.63. The number of nitrogens with one attached hydrogen (secondary N) is 2. The van der Waals surface area contributed by atoms with Gasteiger partial charge in [0.15, 0.2) is 0 Å². The first kappa shape index (κ1) is 19.5. The Morgan fingerprint density at radius 1 is 1.23 bits per heavy atom. The van der Waals surface area contributed by atoms with Crippen molar-refractivity contribution in [2.45, 2.75) is 84.3 Å². The third-order valence-electron chi connectivity index (χ3n) is 5.80. The predicted molar refractivity (Wildman–Crippen MR) is 112 cm³/mol. The van der Waals surface area contributed by atoms with Crippen LogP contribution >= 0.6 is 0 Å². The van der Waals surface area contributed by atoms with Crippen molar-refractivity contribution in [3.63, 3.8) is 0 Å². The summed E-state index contributed by atoms with van der Waals surface area (Å²) in [5, 5.41) is 7.49. The molecular weight excluding hydrogens is 320 g/mol. The molecule has 2 heterocycles. The van der Waals surface area contributed by atoms with Crippen LogP contribution in [0.2, 0.25) is 0 Å². The van der Waals surface area contributed by atoms with Crippen molar-refractivity contribution in [2.75, 3.05) is 23.8 Å². The molecule has 3 rings (SSSR count). The third kappa shape index (κ3) is 4.94. The first-order chi connectivity index (χ1) is 12.3. The first-order valence-electron chi connectivity index (χ1n) is 10.6. The van der Waals surface area contributed by atoms with Crippen molar-refractivity contribution < 1.29 is 4.74 Å². The minimum Gasteiger partial charge on any atom is -0.382 e. The van der Waals surface area contributed by atoms with E-state index in [2.05, 4.69) is 63.5 Å². The summed E-state index contributed by atoms with van der Waals surface area (Å²) in [6, 6.07) is 6.91. The maximum absolute atomic E-state index is 5.75. The van der Waals surface area contributed by atoms with E-state index in [0.29, 0.717) is 17.9 Å². The molecule has 1 aromatic rings. The molecule has 26 heavy (non-hydrogen) atoms. The number of anilines is 2. The molecule has 2 N–H and O–H groups in total. The van der Waals surface area contributed by atoms with Crippen LogP contribution in [0.15, 0.2) is 18.2 Å². The molecule has 0 bridgehead atoms. The third-order valence-corrected chi connectivity index (χ3v) is 5.80. The molecule has 3 atom stereocenters. The van der Waals surface area contributed by atoms with E-state index in [-0.39, 0.29) is 5.54 Å². The molecule has 3 nitrogen and oxygen atoms in total. The summed E-state index contributed by atoms with van der Waals surface area (Å²) >= 11 is 0. The standard InChI is InChI=1S/C23H38N2O/c1-16(2)11-18-14-23(5,13-17(3)4)25-22-9-8-19(12-21(18)22)24-15-20-7-6-10-26-20/h8-9,12,16-18,20,24-25H,6-7,10-11,13-15H2,1-5H3. The lowest BCUT2D eigenvalue weighted by atomic mass is 9.73. The number of fused-ring (bicyclic) bond motifs is 1. The second kappa shape index (κ2) is 8.21. The summed E-state index contributed by atoms with van der Waals surface area (Å²) < 4.78 is 5.75. The lowest BCUT2D eigenvalue weighted by Gasteiger charge is -2.43. The lowest BCUT2D eigenvalue weighted by Crippen LogP contribution is -2.41. The highest BCUT2D eigenvalue weighted by Crippen LogP contribution is 2.45. The molecule has 1 fully saturated rings. The number of hydrogen-bond acceptors (Lipinski definition) is 3.